The SMILES string of the molecule is Cn1nccc1C(NN)C1(c2ccccc2)CCC1. The molecule has 0 saturated heterocycles. The number of benzene rings is 1. The van der Waals surface area contributed by atoms with Crippen LogP contribution >= 0.6 is 0 Å². The Balaban J connectivity index is 2.04. The summed E-state index contributed by atoms with van der Waals surface area (Å²) in [6, 6.07) is 12.8. The summed E-state index contributed by atoms with van der Waals surface area (Å²) in [5.74, 6) is 5.87. The number of hydrogen-bond donors (Lipinski definition) is 2. The Morgan fingerprint density at radius 3 is 2.47 bits per heavy atom. The molecule has 0 aliphatic heterocycles. The summed E-state index contributed by atoms with van der Waals surface area (Å²) in [5, 5.41) is 4.27. The number of aromatic nitrogens is 2. The van der Waals surface area contributed by atoms with E-state index in [0.717, 1.165) is 18.5 Å². The Morgan fingerprint density at radius 2 is 2.00 bits per heavy atom. The summed E-state index contributed by atoms with van der Waals surface area (Å²) in [6.45, 7) is 0. The van der Waals surface area contributed by atoms with Crippen LogP contribution in [-0.2, 0) is 12.5 Å². The molecule has 0 radical (unpaired) electrons. The average molecular weight is 256 g/mol. The maximum atomic E-state index is 5.87. The monoisotopic (exact) mass is 256 g/mol. The Bertz CT molecular complexity index is 542. The van der Waals surface area contributed by atoms with Gasteiger partial charge in [0.05, 0.1) is 11.7 Å². The van der Waals surface area contributed by atoms with Gasteiger partial charge < -0.3 is 0 Å². The van der Waals surface area contributed by atoms with Crippen molar-refractivity contribution in [3.8, 4) is 0 Å². The average Bonchev–Trinajstić information content (AvgIpc) is 2.81. The highest BCUT2D eigenvalue weighted by Crippen LogP contribution is 2.51. The van der Waals surface area contributed by atoms with Crippen LogP contribution in [0.1, 0.15) is 36.6 Å². The first-order chi connectivity index (χ1) is 9.28. The van der Waals surface area contributed by atoms with Crippen LogP contribution in [-0.4, -0.2) is 9.78 Å². The van der Waals surface area contributed by atoms with Crippen LogP contribution in [0, 0.1) is 0 Å². The third-order valence-electron chi connectivity index (χ3n) is 4.47. The molecule has 1 saturated carbocycles. The quantitative estimate of drug-likeness (QED) is 0.650. The molecule has 3 rings (SSSR count). The molecule has 2 aromatic rings. The van der Waals surface area contributed by atoms with E-state index in [1.807, 2.05) is 24.0 Å². The van der Waals surface area contributed by atoms with Crippen molar-refractivity contribution < 1.29 is 0 Å². The van der Waals surface area contributed by atoms with Crippen molar-refractivity contribution >= 4 is 0 Å². The predicted octanol–water partition coefficient (Wildman–Crippen LogP) is 2.05. The van der Waals surface area contributed by atoms with Gasteiger partial charge in [-0.15, -0.1) is 0 Å². The van der Waals surface area contributed by atoms with Gasteiger partial charge in [-0.1, -0.05) is 36.8 Å². The molecule has 3 N–H and O–H groups in total. The molecule has 1 aromatic heterocycles. The second-order valence-corrected chi connectivity index (χ2v) is 5.36. The van der Waals surface area contributed by atoms with E-state index in [2.05, 4.69) is 40.9 Å². The van der Waals surface area contributed by atoms with Gasteiger partial charge in [0.1, 0.15) is 0 Å². The summed E-state index contributed by atoms with van der Waals surface area (Å²) < 4.78 is 1.91. The van der Waals surface area contributed by atoms with Crippen molar-refractivity contribution in [3.63, 3.8) is 0 Å². The largest absolute Gasteiger partial charge is 0.271 e. The zero-order valence-corrected chi connectivity index (χ0v) is 11.2. The van der Waals surface area contributed by atoms with Crippen LogP contribution in [0.15, 0.2) is 42.6 Å². The van der Waals surface area contributed by atoms with E-state index in [1.54, 1.807) is 0 Å². The first-order valence-electron chi connectivity index (χ1n) is 6.77. The molecule has 1 unspecified atom stereocenters. The number of nitrogens with two attached hydrogens (primary N) is 1. The number of aryl methyl sites for hydroxylation is 1. The Kier molecular flexibility index (Phi) is 3.12. The number of nitrogens with zero attached hydrogens (tertiary/aromatic N) is 2. The summed E-state index contributed by atoms with van der Waals surface area (Å²) in [7, 11) is 1.97. The van der Waals surface area contributed by atoms with Gasteiger partial charge in [-0.3, -0.25) is 16.0 Å². The van der Waals surface area contributed by atoms with Crippen LogP contribution in [0.4, 0.5) is 0 Å². The van der Waals surface area contributed by atoms with Crippen LogP contribution in [0.25, 0.3) is 0 Å². The lowest BCUT2D eigenvalue weighted by molar-refractivity contribution is 0.164. The maximum Gasteiger partial charge on any atom is 0.0725 e. The molecule has 1 atom stereocenters. The van der Waals surface area contributed by atoms with Crippen molar-refractivity contribution in [1.29, 1.82) is 0 Å². The number of hydrazine groups is 1. The molecule has 1 aliphatic rings. The van der Waals surface area contributed by atoms with Gasteiger partial charge in [0, 0.05) is 18.7 Å². The lowest BCUT2D eigenvalue weighted by atomic mass is 9.59. The smallest absolute Gasteiger partial charge is 0.0725 e. The standard InChI is InChI=1S/C15H20N4/c1-19-13(8-11-17-19)14(18-16)15(9-5-10-15)12-6-3-2-4-7-12/h2-4,6-8,11,14,18H,5,9-10,16H2,1H3. The van der Waals surface area contributed by atoms with Crippen LogP contribution in [0.2, 0.25) is 0 Å². The van der Waals surface area contributed by atoms with Crippen molar-refractivity contribution in [2.75, 3.05) is 0 Å². The molecule has 0 spiro atoms. The molecular weight excluding hydrogens is 236 g/mol. The van der Waals surface area contributed by atoms with E-state index >= 15 is 0 Å². The molecule has 1 aliphatic carbocycles. The number of rotatable bonds is 4. The highest BCUT2D eigenvalue weighted by molar-refractivity contribution is 5.33. The molecule has 0 bridgehead atoms. The van der Waals surface area contributed by atoms with Gasteiger partial charge in [-0.05, 0) is 24.5 Å². The first kappa shape index (κ1) is 12.4. The molecule has 1 aromatic carbocycles. The van der Waals surface area contributed by atoms with Gasteiger partial charge >= 0.3 is 0 Å². The van der Waals surface area contributed by atoms with Crippen molar-refractivity contribution in [2.24, 2.45) is 12.9 Å². The Labute approximate surface area is 113 Å². The minimum absolute atomic E-state index is 0.101. The molecule has 19 heavy (non-hydrogen) atoms. The lowest BCUT2D eigenvalue weighted by Gasteiger charge is -2.48. The normalized spacial score (nSPS) is 18.8. The fraction of sp³-hybridized carbons (Fsp3) is 0.400. The van der Waals surface area contributed by atoms with Crippen molar-refractivity contribution in [3.05, 3.63) is 53.9 Å². The highest BCUT2D eigenvalue weighted by atomic mass is 15.3. The van der Waals surface area contributed by atoms with E-state index in [0.29, 0.717) is 0 Å². The Hall–Kier alpha value is -1.65. The number of hydrogen-bond acceptors (Lipinski definition) is 3. The van der Waals surface area contributed by atoms with Gasteiger partial charge in [0.2, 0.25) is 0 Å². The summed E-state index contributed by atoms with van der Waals surface area (Å²) in [6.07, 6.45) is 5.41. The number of nitrogens with one attached hydrogen (secondary N) is 1. The molecule has 0 amide bonds. The third kappa shape index (κ3) is 1.88. The highest BCUT2D eigenvalue weighted by Gasteiger charge is 2.46. The summed E-state index contributed by atoms with van der Waals surface area (Å²) in [4.78, 5) is 0. The summed E-state index contributed by atoms with van der Waals surface area (Å²) >= 11 is 0. The zero-order chi connectivity index (χ0) is 13.3. The van der Waals surface area contributed by atoms with Gasteiger partial charge in [-0.2, -0.15) is 5.10 Å². The molecule has 1 heterocycles. The van der Waals surface area contributed by atoms with E-state index in [9.17, 15) is 0 Å². The summed E-state index contributed by atoms with van der Waals surface area (Å²) in [5.41, 5.74) is 5.64. The topological polar surface area (TPSA) is 55.9 Å². The zero-order valence-electron chi connectivity index (χ0n) is 11.2. The molecule has 4 heteroatoms. The van der Waals surface area contributed by atoms with E-state index in [4.69, 9.17) is 5.84 Å². The molecule has 100 valence electrons. The van der Waals surface area contributed by atoms with Crippen LogP contribution < -0.4 is 11.3 Å². The van der Waals surface area contributed by atoms with Crippen molar-refractivity contribution in [1.82, 2.24) is 15.2 Å². The fourth-order valence-corrected chi connectivity index (χ4v) is 3.27. The van der Waals surface area contributed by atoms with E-state index in [1.165, 1.54) is 12.0 Å². The van der Waals surface area contributed by atoms with Gasteiger partial charge in [0.15, 0.2) is 0 Å². The maximum absolute atomic E-state index is 5.87. The minimum Gasteiger partial charge on any atom is -0.271 e. The third-order valence-corrected chi connectivity index (χ3v) is 4.47. The van der Waals surface area contributed by atoms with Crippen molar-refractivity contribution in [2.45, 2.75) is 30.7 Å². The second-order valence-electron chi connectivity index (χ2n) is 5.36. The molecular formula is C15H20N4. The first-order valence-corrected chi connectivity index (χ1v) is 6.77. The molecule has 4 nitrogen and oxygen atoms in total. The minimum atomic E-state index is 0.101. The van der Waals surface area contributed by atoms with E-state index in [-0.39, 0.29) is 11.5 Å². The second kappa shape index (κ2) is 4.79. The Morgan fingerprint density at radius 1 is 1.26 bits per heavy atom. The lowest BCUT2D eigenvalue weighted by Crippen LogP contribution is -2.49. The van der Waals surface area contributed by atoms with Crippen LogP contribution in [0.3, 0.4) is 0 Å². The molecule has 1 fully saturated rings. The van der Waals surface area contributed by atoms with Gasteiger partial charge in [-0.25, -0.2) is 0 Å². The van der Waals surface area contributed by atoms with Crippen LogP contribution in [0.5, 0.6) is 0 Å². The fourth-order valence-electron chi connectivity index (χ4n) is 3.27. The predicted molar refractivity (Wildman–Crippen MR) is 75.2 cm³/mol. The van der Waals surface area contributed by atoms with Gasteiger partial charge in [0.25, 0.3) is 0 Å². The van der Waals surface area contributed by atoms with E-state index < -0.39 is 0 Å².